The standard InChI is InChI=1S/C5H12Cl2NSi/c1-2-3-8-4-5-9(6)7/h8H,2-5H2,1H3. The van der Waals surface area contributed by atoms with Crippen LogP contribution in [0, 0.1) is 0 Å². The van der Waals surface area contributed by atoms with E-state index < -0.39 is 7.42 Å². The molecule has 0 aliphatic carbocycles. The molecule has 0 unspecified atom stereocenters. The lowest BCUT2D eigenvalue weighted by atomic mass is 10.5. The van der Waals surface area contributed by atoms with E-state index in [1.54, 1.807) is 0 Å². The van der Waals surface area contributed by atoms with E-state index >= 15 is 0 Å². The van der Waals surface area contributed by atoms with Crippen LogP contribution in [-0.4, -0.2) is 20.5 Å². The Morgan fingerprint density at radius 1 is 1.33 bits per heavy atom. The van der Waals surface area contributed by atoms with Gasteiger partial charge >= 0.3 is 0 Å². The molecular weight excluding hydrogens is 173 g/mol. The monoisotopic (exact) mass is 184 g/mol. The van der Waals surface area contributed by atoms with Crippen LogP contribution < -0.4 is 5.32 Å². The summed E-state index contributed by atoms with van der Waals surface area (Å²) in [6.07, 6.45) is 1.17. The van der Waals surface area contributed by atoms with Crippen LogP contribution >= 0.6 is 22.2 Å². The Kier molecular flexibility index (Phi) is 7.45. The largest absolute Gasteiger partial charge is 0.317 e. The van der Waals surface area contributed by atoms with Gasteiger partial charge in [0, 0.05) is 0 Å². The molecule has 1 nitrogen and oxygen atoms in total. The van der Waals surface area contributed by atoms with E-state index in [9.17, 15) is 0 Å². The number of rotatable bonds is 5. The maximum Gasteiger partial charge on any atom is 0.275 e. The summed E-state index contributed by atoms with van der Waals surface area (Å²) in [6, 6.07) is 0.938. The summed E-state index contributed by atoms with van der Waals surface area (Å²) >= 11 is 11.2. The second kappa shape index (κ2) is 6.87. The highest BCUT2D eigenvalue weighted by Crippen LogP contribution is 2.00. The van der Waals surface area contributed by atoms with E-state index in [0.717, 1.165) is 19.1 Å². The fourth-order valence-corrected chi connectivity index (χ4v) is 1.42. The van der Waals surface area contributed by atoms with Gasteiger partial charge in [0.05, 0.1) is 0 Å². The minimum absolute atomic E-state index is 0.938. The van der Waals surface area contributed by atoms with Crippen LogP contribution in [-0.2, 0) is 0 Å². The number of nitrogens with one attached hydrogen (secondary N) is 1. The smallest absolute Gasteiger partial charge is 0.275 e. The van der Waals surface area contributed by atoms with Crippen LogP contribution in [0.2, 0.25) is 6.04 Å². The summed E-state index contributed by atoms with van der Waals surface area (Å²) in [7, 11) is -1.03. The van der Waals surface area contributed by atoms with E-state index in [0.29, 0.717) is 0 Å². The highest BCUT2D eigenvalue weighted by atomic mass is 35.7. The van der Waals surface area contributed by atoms with Crippen molar-refractivity contribution >= 4 is 29.6 Å². The van der Waals surface area contributed by atoms with Gasteiger partial charge in [-0.2, -0.15) is 0 Å². The van der Waals surface area contributed by atoms with Gasteiger partial charge in [-0.3, -0.25) is 0 Å². The van der Waals surface area contributed by atoms with Crippen molar-refractivity contribution in [1.82, 2.24) is 5.32 Å². The van der Waals surface area contributed by atoms with Crippen LogP contribution in [0.3, 0.4) is 0 Å². The maximum atomic E-state index is 5.58. The first-order valence-corrected chi connectivity index (χ1v) is 6.88. The minimum Gasteiger partial charge on any atom is -0.317 e. The highest BCUT2D eigenvalue weighted by molar-refractivity contribution is 7.33. The third-order valence-corrected chi connectivity index (χ3v) is 2.68. The molecular formula is C5H12Cl2NSi. The third kappa shape index (κ3) is 8.76. The number of halogens is 2. The van der Waals surface area contributed by atoms with E-state index in [1.165, 1.54) is 6.42 Å². The summed E-state index contributed by atoms with van der Waals surface area (Å²) in [5, 5.41) is 3.22. The molecule has 0 aliphatic heterocycles. The van der Waals surface area contributed by atoms with Crippen LogP contribution in [0.4, 0.5) is 0 Å². The van der Waals surface area contributed by atoms with Gasteiger partial charge in [-0.1, -0.05) is 6.92 Å². The summed E-state index contributed by atoms with van der Waals surface area (Å²) in [5.74, 6) is 0. The molecule has 1 radical (unpaired) electrons. The molecule has 0 spiro atoms. The zero-order chi connectivity index (χ0) is 7.11. The summed E-state index contributed by atoms with van der Waals surface area (Å²) in [4.78, 5) is 0. The molecule has 55 valence electrons. The second-order valence-corrected chi connectivity index (χ2v) is 6.33. The van der Waals surface area contributed by atoms with Crippen molar-refractivity contribution in [1.29, 1.82) is 0 Å². The third-order valence-electron chi connectivity index (χ3n) is 0.918. The summed E-state index contributed by atoms with van der Waals surface area (Å²) in [5.41, 5.74) is 0. The molecule has 0 saturated carbocycles. The van der Waals surface area contributed by atoms with Gasteiger partial charge in [0.15, 0.2) is 0 Å². The Bertz CT molecular complexity index is 60.9. The van der Waals surface area contributed by atoms with Crippen molar-refractivity contribution in [3.63, 3.8) is 0 Å². The first-order chi connectivity index (χ1) is 4.27. The molecule has 0 aromatic rings. The molecule has 9 heavy (non-hydrogen) atoms. The molecule has 0 aliphatic rings. The quantitative estimate of drug-likeness (QED) is 0.392. The van der Waals surface area contributed by atoms with Crippen molar-refractivity contribution in [3.8, 4) is 0 Å². The fourth-order valence-electron chi connectivity index (χ4n) is 0.485. The zero-order valence-electron chi connectivity index (χ0n) is 5.58. The van der Waals surface area contributed by atoms with E-state index in [-0.39, 0.29) is 0 Å². The second-order valence-electron chi connectivity index (χ2n) is 1.84. The van der Waals surface area contributed by atoms with Gasteiger partial charge in [-0.25, -0.2) is 0 Å². The molecule has 0 fully saturated rings. The Morgan fingerprint density at radius 2 is 2.00 bits per heavy atom. The van der Waals surface area contributed by atoms with E-state index in [1.807, 2.05) is 0 Å². The Labute approximate surface area is 67.7 Å². The van der Waals surface area contributed by atoms with Crippen molar-refractivity contribution in [2.45, 2.75) is 19.4 Å². The fraction of sp³-hybridized carbons (Fsp3) is 1.00. The molecule has 4 heteroatoms. The minimum atomic E-state index is -1.03. The topological polar surface area (TPSA) is 12.0 Å². The lowest BCUT2D eigenvalue weighted by molar-refractivity contribution is 0.702. The van der Waals surface area contributed by atoms with E-state index in [4.69, 9.17) is 22.2 Å². The SMILES string of the molecule is CCCNCC[Si](Cl)Cl. The van der Waals surface area contributed by atoms with Gasteiger partial charge in [-0.05, 0) is 25.6 Å². The lowest BCUT2D eigenvalue weighted by Gasteiger charge is -1.99. The Hall–Kier alpha value is 0.757. The van der Waals surface area contributed by atoms with Gasteiger partial charge in [0.2, 0.25) is 0 Å². The Morgan fingerprint density at radius 3 is 2.44 bits per heavy atom. The molecule has 1 N–H and O–H groups in total. The summed E-state index contributed by atoms with van der Waals surface area (Å²) in [6.45, 7) is 4.18. The predicted octanol–water partition coefficient (Wildman–Crippen LogP) is 1.95. The van der Waals surface area contributed by atoms with Crippen molar-refractivity contribution in [2.75, 3.05) is 13.1 Å². The lowest BCUT2D eigenvalue weighted by Crippen LogP contribution is -2.17. The van der Waals surface area contributed by atoms with Crippen molar-refractivity contribution in [2.24, 2.45) is 0 Å². The molecule has 0 atom stereocenters. The van der Waals surface area contributed by atoms with Crippen LogP contribution in [0.25, 0.3) is 0 Å². The molecule has 0 rings (SSSR count). The van der Waals surface area contributed by atoms with Crippen LogP contribution in [0.1, 0.15) is 13.3 Å². The van der Waals surface area contributed by atoms with Gasteiger partial charge in [0.25, 0.3) is 7.42 Å². The highest BCUT2D eigenvalue weighted by Gasteiger charge is 2.00. The first kappa shape index (κ1) is 9.76. The predicted molar refractivity (Wildman–Crippen MR) is 45.4 cm³/mol. The molecule has 0 aromatic heterocycles. The van der Waals surface area contributed by atoms with Gasteiger partial charge < -0.3 is 5.32 Å². The van der Waals surface area contributed by atoms with Crippen LogP contribution in [0.5, 0.6) is 0 Å². The maximum absolute atomic E-state index is 5.58. The summed E-state index contributed by atoms with van der Waals surface area (Å²) < 4.78 is 0. The molecule has 0 bridgehead atoms. The van der Waals surface area contributed by atoms with Crippen molar-refractivity contribution < 1.29 is 0 Å². The molecule has 0 saturated heterocycles. The van der Waals surface area contributed by atoms with Gasteiger partial charge in [0.1, 0.15) is 0 Å². The van der Waals surface area contributed by atoms with Crippen LogP contribution in [0.15, 0.2) is 0 Å². The molecule has 0 amide bonds. The first-order valence-electron chi connectivity index (χ1n) is 3.15. The van der Waals surface area contributed by atoms with E-state index in [2.05, 4.69) is 12.2 Å². The molecule has 0 aromatic carbocycles. The zero-order valence-corrected chi connectivity index (χ0v) is 8.10. The molecule has 0 heterocycles. The van der Waals surface area contributed by atoms with Gasteiger partial charge in [-0.15, -0.1) is 22.2 Å². The average Bonchev–Trinajstić information content (AvgIpc) is 1.80. The average molecular weight is 185 g/mol. The Balaban J connectivity index is 2.75. The number of hydrogen-bond acceptors (Lipinski definition) is 1. The van der Waals surface area contributed by atoms with Crippen molar-refractivity contribution in [3.05, 3.63) is 0 Å². The number of hydrogen-bond donors (Lipinski definition) is 1. The normalized spacial score (nSPS) is 10.7.